The summed E-state index contributed by atoms with van der Waals surface area (Å²) in [7, 11) is 0. The Bertz CT molecular complexity index is 1000. The van der Waals surface area contributed by atoms with Crippen LogP contribution in [-0.4, -0.2) is 26.0 Å². The normalized spacial score (nSPS) is 18.2. The molecule has 1 aromatic heterocycles. The minimum atomic E-state index is -0.370. The van der Waals surface area contributed by atoms with E-state index in [1.54, 1.807) is 0 Å². The fourth-order valence-electron chi connectivity index (χ4n) is 3.27. The molecule has 1 amide bonds. The third-order valence-electron chi connectivity index (χ3n) is 5.01. The number of thioether (sulfide) groups is 1. The number of carbonyl (C=O) groups excluding carboxylic acids is 1. The van der Waals surface area contributed by atoms with Gasteiger partial charge in [0.1, 0.15) is 5.25 Å². The first kappa shape index (κ1) is 18.6. The molecule has 2 aromatic carbocycles. The van der Waals surface area contributed by atoms with E-state index >= 15 is 0 Å². The highest BCUT2D eigenvalue weighted by Gasteiger charge is 2.37. The Morgan fingerprint density at radius 3 is 2.64 bits per heavy atom. The number of hydrogen-bond acceptors (Lipinski definition) is 5. The van der Waals surface area contributed by atoms with Crippen molar-refractivity contribution < 1.29 is 4.79 Å². The molecule has 1 aliphatic rings. The number of aryl methyl sites for hydroxylation is 3. The van der Waals surface area contributed by atoms with Gasteiger partial charge in [0, 0.05) is 12.1 Å². The number of amides is 1. The third kappa shape index (κ3) is 3.49. The van der Waals surface area contributed by atoms with Crippen LogP contribution in [0.4, 0.5) is 5.69 Å². The zero-order chi connectivity index (χ0) is 19.7. The van der Waals surface area contributed by atoms with E-state index < -0.39 is 0 Å². The molecular formula is C21H23N5OS. The van der Waals surface area contributed by atoms with Crippen molar-refractivity contribution in [1.82, 2.24) is 14.9 Å². The Labute approximate surface area is 168 Å². The van der Waals surface area contributed by atoms with Crippen LogP contribution in [0.5, 0.6) is 0 Å². The molecule has 0 aliphatic carbocycles. The zero-order valence-electron chi connectivity index (χ0n) is 16.1. The van der Waals surface area contributed by atoms with Gasteiger partial charge in [0.25, 0.3) is 0 Å². The lowest BCUT2D eigenvalue weighted by molar-refractivity contribution is -0.116. The van der Waals surface area contributed by atoms with Crippen LogP contribution in [0.15, 0.2) is 53.7 Å². The van der Waals surface area contributed by atoms with Gasteiger partial charge >= 0.3 is 0 Å². The number of anilines is 1. The van der Waals surface area contributed by atoms with Gasteiger partial charge in [0.2, 0.25) is 11.1 Å². The van der Waals surface area contributed by atoms with Gasteiger partial charge in [-0.1, -0.05) is 55.1 Å². The molecule has 144 valence electrons. The van der Waals surface area contributed by atoms with Crippen molar-refractivity contribution in [2.45, 2.75) is 43.6 Å². The highest BCUT2D eigenvalue weighted by atomic mass is 32.2. The summed E-state index contributed by atoms with van der Waals surface area (Å²) in [5.41, 5.74) is 7.67. The van der Waals surface area contributed by atoms with Crippen molar-refractivity contribution in [2.24, 2.45) is 0 Å². The highest BCUT2D eigenvalue weighted by Crippen LogP contribution is 2.37. The van der Waals surface area contributed by atoms with E-state index in [1.807, 2.05) is 67.1 Å². The molecule has 6 nitrogen and oxygen atoms in total. The monoisotopic (exact) mass is 393 g/mol. The Morgan fingerprint density at radius 2 is 1.93 bits per heavy atom. The molecule has 2 N–H and O–H groups in total. The number of nitrogens with one attached hydrogen (secondary N) is 2. The van der Waals surface area contributed by atoms with E-state index in [0.717, 1.165) is 29.1 Å². The summed E-state index contributed by atoms with van der Waals surface area (Å²) < 4.78 is 1.90. The second kappa shape index (κ2) is 7.67. The largest absolute Gasteiger partial charge is 0.325 e. The number of carbonyl (C=O) groups is 1. The van der Waals surface area contributed by atoms with E-state index in [4.69, 9.17) is 0 Å². The van der Waals surface area contributed by atoms with Crippen LogP contribution in [0, 0.1) is 13.8 Å². The van der Waals surface area contributed by atoms with Crippen LogP contribution >= 0.6 is 11.8 Å². The van der Waals surface area contributed by atoms with E-state index in [1.165, 1.54) is 17.3 Å². The molecule has 0 saturated carbocycles. The smallest absolute Gasteiger partial charge is 0.240 e. The molecular weight excluding hydrogens is 370 g/mol. The highest BCUT2D eigenvalue weighted by molar-refractivity contribution is 8.00. The molecule has 0 unspecified atom stereocenters. The molecule has 28 heavy (non-hydrogen) atoms. The molecule has 2 atom stereocenters. The van der Waals surface area contributed by atoms with Crippen molar-refractivity contribution in [1.29, 1.82) is 0 Å². The van der Waals surface area contributed by atoms with Crippen molar-refractivity contribution in [3.8, 4) is 0 Å². The van der Waals surface area contributed by atoms with Gasteiger partial charge in [-0.2, -0.15) is 0 Å². The first-order valence-corrected chi connectivity index (χ1v) is 10.3. The molecule has 0 bridgehead atoms. The molecule has 3 aromatic rings. The van der Waals surface area contributed by atoms with E-state index in [0.29, 0.717) is 5.16 Å². The van der Waals surface area contributed by atoms with E-state index in [9.17, 15) is 4.79 Å². The Balaban J connectivity index is 1.65. The quantitative estimate of drug-likeness (QED) is 0.704. The summed E-state index contributed by atoms with van der Waals surface area (Å²) in [4.78, 5) is 13.2. The summed E-state index contributed by atoms with van der Waals surface area (Å²) >= 11 is 1.45. The van der Waals surface area contributed by atoms with Crippen molar-refractivity contribution in [2.75, 3.05) is 10.7 Å². The fourth-order valence-corrected chi connectivity index (χ4v) is 4.37. The SMILES string of the molecule is CCc1nnc2n1N[C@H](c1ccccc1)[C@@H](C(=O)Nc1ccc(C)c(C)c1)S2. The minimum Gasteiger partial charge on any atom is -0.325 e. The van der Waals surface area contributed by atoms with E-state index in [2.05, 4.69) is 27.9 Å². The molecule has 4 rings (SSSR count). The third-order valence-corrected chi connectivity index (χ3v) is 6.23. The number of benzene rings is 2. The molecule has 2 heterocycles. The van der Waals surface area contributed by atoms with Gasteiger partial charge in [0.05, 0.1) is 6.04 Å². The summed E-state index contributed by atoms with van der Waals surface area (Å²) in [5, 5.41) is 11.9. The van der Waals surface area contributed by atoms with Gasteiger partial charge < -0.3 is 10.7 Å². The zero-order valence-corrected chi connectivity index (χ0v) is 17.0. The summed E-state index contributed by atoms with van der Waals surface area (Å²) in [6, 6.07) is 15.8. The topological polar surface area (TPSA) is 71.8 Å². The van der Waals surface area contributed by atoms with Crippen LogP contribution in [-0.2, 0) is 11.2 Å². The Hall–Kier alpha value is -2.80. The maximum atomic E-state index is 13.2. The molecule has 7 heteroatoms. The van der Waals surface area contributed by atoms with Crippen LogP contribution in [0.3, 0.4) is 0 Å². The standard InChI is InChI=1S/C21H23N5OS/c1-4-17-23-24-21-26(17)25-18(15-8-6-5-7-9-15)19(28-21)20(27)22-16-11-10-13(2)14(3)12-16/h5-12,18-19,25H,4H2,1-3H3,(H,22,27)/t18-,19+/m1/s1. The van der Waals surface area contributed by atoms with Crippen LogP contribution in [0.1, 0.15) is 35.5 Å². The van der Waals surface area contributed by atoms with Crippen molar-refractivity contribution in [3.05, 3.63) is 71.0 Å². The van der Waals surface area contributed by atoms with Gasteiger partial charge in [-0.05, 0) is 42.7 Å². The lowest BCUT2D eigenvalue weighted by Crippen LogP contribution is -2.41. The molecule has 0 saturated heterocycles. The molecule has 0 spiro atoms. The maximum Gasteiger partial charge on any atom is 0.240 e. The predicted molar refractivity (Wildman–Crippen MR) is 112 cm³/mol. The lowest BCUT2D eigenvalue weighted by Gasteiger charge is -2.33. The summed E-state index contributed by atoms with van der Waals surface area (Å²) in [6.45, 7) is 6.15. The Kier molecular flexibility index (Phi) is 5.09. The van der Waals surface area contributed by atoms with Gasteiger partial charge in [0.15, 0.2) is 5.82 Å². The second-order valence-corrected chi connectivity index (χ2v) is 8.04. The lowest BCUT2D eigenvalue weighted by atomic mass is 10.0. The fraction of sp³-hybridized carbons (Fsp3) is 0.286. The number of rotatable bonds is 4. The average Bonchev–Trinajstić information content (AvgIpc) is 3.12. The van der Waals surface area contributed by atoms with Crippen LogP contribution in [0.2, 0.25) is 0 Å². The first-order valence-electron chi connectivity index (χ1n) is 9.37. The van der Waals surface area contributed by atoms with Crippen LogP contribution < -0.4 is 10.7 Å². The average molecular weight is 394 g/mol. The minimum absolute atomic E-state index is 0.0538. The van der Waals surface area contributed by atoms with Gasteiger partial charge in [-0.15, -0.1) is 10.2 Å². The van der Waals surface area contributed by atoms with Crippen LogP contribution in [0.25, 0.3) is 0 Å². The number of nitrogens with zero attached hydrogens (tertiary/aromatic N) is 3. The number of aromatic nitrogens is 3. The maximum absolute atomic E-state index is 13.2. The van der Waals surface area contributed by atoms with Crippen molar-refractivity contribution in [3.63, 3.8) is 0 Å². The summed E-state index contributed by atoms with van der Waals surface area (Å²) in [6.07, 6.45) is 0.765. The number of hydrogen-bond donors (Lipinski definition) is 2. The number of fused-ring (bicyclic) bond motifs is 1. The molecule has 1 aliphatic heterocycles. The molecule has 0 radical (unpaired) electrons. The molecule has 0 fully saturated rings. The Morgan fingerprint density at radius 1 is 1.14 bits per heavy atom. The van der Waals surface area contributed by atoms with Crippen molar-refractivity contribution >= 4 is 23.4 Å². The second-order valence-electron chi connectivity index (χ2n) is 6.93. The predicted octanol–water partition coefficient (Wildman–Crippen LogP) is 3.86. The first-order chi connectivity index (χ1) is 13.6. The summed E-state index contributed by atoms with van der Waals surface area (Å²) in [5.74, 6) is 0.804. The van der Waals surface area contributed by atoms with E-state index in [-0.39, 0.29) is 17.2 Å². The van der Waals surface area contributed by atoms with Gasteiger partial charge in [-0.25, -0.2) is 4.68 Å². The van der Waals surface area contributed by atoms with Gasteiger partial charge in [-0.3, -0.25) is 4.79 Å².